The van der Waals surface area contributed by atoms with Crippen molar-refractivity contribution in [3.63, 3.8) is 0 Å². The Labute approximate surface area is 112 Å². The second-order valence-electron chi connectivity index (χ2n) is 4.02. The predicted molar refractivity (Wildman–Crippen MR) is 71.0 cm³/mol. The lowest BCUT2D eigenvalue weighted by molar-refractivity contribution is -0.124. The molecule has 0 heterocycles. The highest BCUT2D eigenvalue weighted by Gasteiger charge is 2.22. The molecule has 2 amide bonds. The smallest absolute Gasteiger partial charge is 0.338 e. The summed E-state index contributed by atoms with van der Waals surface area (Å²) in [6.07, 6.45) is 0.512. The molecular weight excluding hydrogens is 246 g/mol. The quantitative estimate of drug-likeness (QED) is 0.782. The third kappa shape index (κ3) is 2.99. The molecule has 19 heavy (non-hydrogen) atoms. The fraction of sp³-hybridized carbons (Fsp3) is 0.357. The van der Waals surface area contributed by atoms with Crippen molar-refractivity contribution in [3.05, 3.63) is 29.3 Å². The first-order valence-electron chi connectivity index (χ1n) is 5.95. The molecule has 0 aliphatic carbocycles. The average molecular weight is 263 g/mol. The number of methoxy groups -OCH3 is 1. The van der Waals surface area contributed by atoms with Crippen LogP contribution >= 0.6 is 0 Å². The second-order valence-corrected chi connectivity index (χ2v) is 4.02. The predicted octanol–water partition coefficient (Wildman–Crippen LogP) is 1.93. The third-order valence-electron chi connectivity index (χ3n) is 2.78. The topological polar surface area (TPSA) is 63.7 Å². The van der Waals surface area contributed by atoms with Gasteiger partial charge in [-0.25, -0.2) is 4.79 Å². The van der Waals surface area contributed by atoms with Gasteiger partial charge in [-0.3, -0.25) is 14.5 Å². The second kappa shape index (κ2) is 6.13. The van der Waals surface area contributed by atoms with E-state index in [9.17, 15) is 14.4 Å². The molecule has 0 aromatic heterocycles. The molecule has 1 rings (SSSR count). The highest BCUT2D eigenvalue weighted by atomic mass is 16.5. The van der Waals surface area contributed by atoms with Gasteiger partial charge >= 0.3 is 5.97 Å². The molecule has 0 saturated heterocycles. The summed E-state index contributed by atoms with van der Waals surface area (Å²) in [6.45, 7) is 4.47. The Balaban J connectivity index is 3.47. The first-order chi connectivity index (χ1) is 8.93. The number of ether oxygens (including phenoxy) is 1. The van der Waals surface area contributed by atoms with Crippen molar-refractivity contribution in [2.45, 2.75) is 27.2 Å². The molecule has 102 valence electrons. The molecule has 0 N–H and O–H groups in total. The van der Waals surface area contributed by atoms with Crippen molar-refractivity contribution in [3.8, 4) is 0 Å². The first kappa shape index (κ1) is 14.9. The van der Waals surface area contributed by atoms with Crippen LogP contribution in [-0.4, -0.2) is 24.9 Å². The molecule has 5 heteroatoms. The Morgan fingerprint density at radius 1 is 1.16 bits per heavy atom. The Bertz CT molecular complexity index is 508. The van der Waals surface area contributed by atoms with Crippen LogP contribution in [0.4, 0.5) is 5.69 Å². The summed E-state index contributed by atoms with van der Waals surface area (Å²) < 4.78 is 4.71. The minimum atomic E-state index is -0.481. The number of rotatable bonds is 3. The Kier molecular flexibility index (Phi) is 4.80. The molecule has 0 aliphatic heterocycles. The summed E-state index contributed by atoms with van der Waals surface area (Å²) >= 11 is 0. The highest BCUT2D eigenvalue weighted by molar-refractivity contribution is 6.14. The van der Waals surface area contributed by atoms with E-state index >= 15 is 0 Å². The molecule has 5 nitrogen and oxygen atoms in total. The standard InChI is InChI=1S/C14H17NO4/c1-5-11-12(14(18)19-4)7-6-8-13(11)15(9(2)16)10(3)17/h6-8H,5H2,1-4H3. The molecule has 0 fully saturated rings. The number of carbonyl (C=O) groups is 3. The van der Waals surface area contributed by atoms with E-state index in [1.807, 2.05) is 6.92 Å². The number of esters is 1. The van der Waals surface area contributed by atoms with Gasteiger partial charge in [-0.15, -0.1) is 0 Å². The van der Waals surface area contributed by atoms with Crippen molar-refractivity contribution in [1.82, 2.24) is 0 Å². The summed E-state index contributed by atoms with van der Waals surface area (Å²) in [5.74, 6) is -1.25. The zero-order valence-electron chi connectivity index (χ0n) is 11.5. The Hall–Kier alpha value is -2.17. The lowest BCUT2D eigenvalue weighted by Crippen LogP contribution is -2.34. The van der Waals surface area contributed by atoms with Crippen LogP contribution in [0.25, 0.3) is 0 Å². The number of anilines is 1. The van der Waals surface area contributed by atoms with Gasteiger partial charge in [0.1, 0.15) is 0 Å². The van der Waals surface area contributed by atoms with E-state index in [4.69, 9.17) is 4.74 Å². The fourth-order valence-corrected chi connectivity index (χ4v) is 2.02. The maximum Gasteiger partial charge on any atom is 0.338 e. The van der Waals surface area contributed by atoms with E-state index in [-0.39, 0.29) is 11.8 Å². The van der Waals surface area contributed by atoms with Crippen molar-refractivity contribution in [1.29, 1.82) is 0 Å². The minimum Gasteiger partial charge on any atom is -0.465 e. The number of carbonyl (C=O) groups excluding carboxylic acids is 3. The number of hydrogen-bond acceptors (Lipinski definition) is 4. The maximum atomic E-state index is 11.7. The normalized spacial score (nSPS) is 9.89. The zero-order chi connectivity index (χ0) is 14.6. The summed E-state index contributed by atoms with van der Waals surface area (Å²) in [7, 11) is 1.29. The van der Waals surface area contributed by atoms with Crippen LogP contribution in [0.2, 0.25) is 0 Å². The molecule has 1 aromatic rings. The molecule has 0 aliphatic rings. The molecule has 0 bridgehead atoms. The van der Waals surface area contributed by atoms with Gasteiger partial charge in [-0.05, 0) is 24.1 Å². The van der Waals surface area contributed by atoms with E-state index in [1.54, 1.807) is 18.2 Å². The molecule has 0 spiro atoms. The van der Waals surface area contributed by atoms with E-state index in [0.717, 1.165) is 4.90 Å². The Morgan fingerprint density at radius 3 is 2.16 bits per heavy atom. The van der Waals surface area contributed by atoms with Gasteiger partial charge in [-0.1, -0.05) is 13.0 Å². The van der Waals surface area contributed by atoms with Crippen LogP contribution in [0.1, 0.15) is 36.7 Å². The molecule has 1 aromatic carbocycles. The summed E-state index contributed by atoms with van der Waals surface area (Å²) in [6, 6.07) is 4.89. The van der Waals surface area contributed by atoms with Gasteiger partial charge in [0.2, 0.25) is 11.8 Å². The van der Waals surface area contributed by atoms with Gasteiger partial charge in [0.25, 0.3) is 0 Å². The third-order valence-corrected chi connectivity index (χ3v) is 2.78. The van der Waals surface area contributed by atoms with Crippen LogP contribution in [0.5, 0.6) is 0 Å². The van der Waals surface area contributed by atoms with E-state index in [2.05, 4.69) is 0 Å². The van der Waals surface area contributed by atoms with Crippen molar-refractivity contribution in [2.75, 3.05) is 12.0 Å². The van der Waals surface area contributed by atoms with E-state index in [0.29, 0.717) is 23.2 Å². The van der Waals surface area contributed by atoms with Crippen LogP contribution < -0.4 is 4.90 Å². The van der Waals surface area contributed by atoms with Crippen LogP contribution in [-0.2, 0) is 20.7 Å². The highest BCUT2D eigenvalue weighted by Crippen LogP contribution is 2.25. The number of amides is 2. The van der Waals surface area contributed by atoms with Crippen molar-refractivity contribution in [2.24, 2.45) is 0 Å². The molecule has 0 atom stereocenters. The van der Waals surface area contributed by atoms with Gasteiger partial charge < -0.3 is 4.74 Å². The maximum absolute atomic E-state index is 11.7. The first-order valence-corrected chi connectivity index (χ1v) is 5.95. The summed E-state index contributed by atoms with van der Waals surface area (Å²) in [4.78, 5) is 35.9. The monoisotopic (exact) mass is 263 g/mol. The molecule has 0 unspecified atom stereocenters. The van der Waals surface area contributed by atoms with Gasteiger partial charge in [0, 0.05) is 13.8 Å². The van der Waals surface area contributed by atoms with Crippen LogP contribution in [0.3, 0.4) is 0 Å². The van der Waals surface area contributed by atoms with E-state index in [1.165, 1.54) is 21.0 Å². The minimum absolute atomic E-state index is 0.370. The molecule has 0 saturated carbocycles. The van der Waals surface area contributed by atoms with E-state index < -0.39 is 5.97 Å². The number of imide groups is 1. The van der Waals surface area contributed by atoms with Crippen LogP contribution in [0.15, 0.2) is 18.2 Å². The summed E-state index contributed by atoms with van der Waals surface area (Å²) in [5.41, 5.74) is 1.43. The number of benzene rings is 1. The largest absolute Gasteiger partial charge is 0.465 e. The number of nitrogens with zero attached hydrogens (tertiary/aromatic N) is 1. The van der Waals surface area contributed by atoms with Gasteiger partial charge in [0.05, 0.1) is 18.4 Å². The molecular formula is C14H17NO4. The van der Waals surface area contributed by atoms with Crippen molar-refractivity contribution >= 4 is 23.5 Å². The summed E-state index contributed by atoms with van der Waals surface area (Å²) in [5, 5.41) is 0. The van der Waals surface area contributed by atoms with Gasteiger partial charge in [-0.2, -0.15) is 0 Å². The lowest BCUT2D eigenvalue weighted by Gasteiger charge is -2.21. The Morgan fingerprint density at radius 2 is 1.74 bits per heavy atom. The zero-order valence-corrected chi connectivity index (χ0v) is 11.5. The number of hydrogen-bond donors (Lipinski definition) is 0. The molecule has 0 radical (unpaired) electrons. The average Bonchev–Trinajstić information content (AvgIpc) is 2.36. The SMILES string of the molecule is CCc1c(C(=O)OC)cccc1N(C(C)=O)C(C)=O. The van der Waals surface area contributed by atoms with Crippen LogP contribution in [0, 0.1) is 0 Å². The lowest BCUT2D eigenvalue weighted by atomic mass is 10.0. The van der Waals surface area contributed by atoms with Crippen molar-refractivity contribution < 1.29 is 19.1 Å². The van der Waals surface area contributed by atoms with Gasteiger partial charge in [0.15, 0.2) is 0 Å². The fourth-order valence-electron chi connectivity index (χ4n) is 2.02.